The van der Waals surface area contributed by atoms with Gasteiger partial charge in [-0.05, 0) is 32.4 Å². The molecule has 0 bridgehead atoms. The van der Waals surface area contributed by atoms with E-state index in [0.717, 1.165) is 51.9 Å². The average Bonchev–Trinajstić information content (AvgIpc) is 2.34. The molecule has 0 radical (unpaired) electrons. The van der Waals surface area contributed by atoms with Crippen molar-refractivity contribution in [2.45, 2.75) is 30.9 Å². The fourth-order valence-electron chi connectivity index (χ4n) is 2.15. The molecule has 6 heteroatoms. The SMILES string of the molecule is COCCNCCCNCC1CCCCS1(=O)=O. The molecule has 0 saturated carbocycles. The van der Waals surface area contributed by atoms with Crippen molar-refractivity contribution in [2.24, 2.45) is 0 Å². The van der Waals surface area contributed by atoms with Crippen LogP contribution in [0.1, 0.15) is 25.7 Å². The van der Waals surface area contributed by atoms with Crippen molar-refractivity contribution in [2.75, 3.05) is 45.6 Å². The number of nitrogens with one attached hydrogen (secondary N) is 2. The van der Waals surface area contributed by atoms with Crippen LogP contribution >= 0.6 is 0 Å². The zero-order valence-corrected chi connectivity index (χ0v) is 12.1. The van der Waals surface area contributed by atoms with Crippen molar-refractivity contribution in [3.63, 3.8) is 0 Å². The summed E-state index contributed by atoms with van der Waals surface area (Å²) in [5.41, 5.74) is 0. The minimum absolute atomic E-state index is 0.160. The number of sulfone groups is 1. The molecular weight excluding hydrogens is 252 g/mol. The fraction of sp³-hybridized carbons (Fsp3) is 1.00. The Balaban J connectivity index is 2.00. The molecule has 5 nitrogen and oxygen atoms in total. The highest BCUT2D eigenvalue weighted by Crippen LogP contribution is 2.18. The van der Waals surface area contributed by atoms with E-state index in [-0.39, 0.29) is 5.25 Å². The van der Waals surface area contributed by atoms with Crippen molar-refractivity contribution >= 4 is 9.84 Å². The monoisotopic (exact) mass is 278 g/mol. The van der Waals surface area contributed by atoms with Gasteiger partial charge in [0.05, 0.1) is 17.6 Å². The van der Waals surface area contributed by atoms with E-state index in [9.17, 15) is 8.42 Å². The van der Waals surface area contributed by atoms with Crippen LogP contribution in [0.15, 0.2) is 0 Å². The summed E-state index contributed by atoms with van der Waals surface area (Å²) in [7, 11) is -1.13. The van der Waals surface area contributed by atoms with Crippen LogP contribution in [0.5, 0.6) is 0 Å². The summed E-state index contributed by atoms with van der Waals surface area (Å²) >= 11 is 0. The Kier molecular flexibility index (Phi) is 7.81. The van der Waals surface area contributed by atoms with E-state index in [1.807, 2.05) is 0 Å². The molecule has 1 aliphatic rings. The maximum atomic E-state index is 11.8. The van der Waals surface area contributed by atoms with E-state index < -0.39 is 9.84 Å². The van der Waals surface area contributed by atoms with Gasteiger partial charge in [-0.15, -0.1) is 0 Å². The van der Waals surface area contributed by atoms with E-state index in [0.29, 0.717) is 12.3 Å². The zero-order chi connectivity index (χ0) is 13.3. The van der Waals surface area contributed by atoms with E-state index >= 15 is 0 Å². The van der Waals surface area contributed by atoms with Gasteiger partial charge in [0.15, 0.2) is 9.84 Å². The molecule has 1 fully saturated rings. The minimum Gasteiger partial charge on any atom is -0.383 e. The van der Waals surface area contributed by atoms with Gasteiger partial charge in [0.25, 0.3) is 0 Å². The van der Waals surface area contributed by atoms with E-state index in [4.69, 9.17) is 4.74 Å². The summed E-state index contributed by atoms with van der Waals surface area (Å²) < 4.78 is 28.4. The molecule has 0 aromatic rings. The standard InChI is InChI=1S/C12H26N2O3S/c1-17-9-8-13-6-4-7-14-11-12-5-2-3-10-18(12,15)16/h12-14H,2-11H2,1H3. The smallest absolute Gasteiger partial charge is 0.154 e. The highest BCUT2D eigenvalue weighted by Gasteiger charge is 2.27. The Morgan fingerprint density at radius 3 is 2.67 bits per heavy atom. The van der Waals surface area contributed by atoms with E-state index in [1.165, 1.54) is 0 Å². The Bertz CT molecular complexity index is 306. The highest BCUT2D eigenvalue weighted by molar-refractivity contribution is 7.92. The first-order chi connectivity index (χ1) is 8.67. The lowest BCUT2D eigenvalue weighted by atomic mass is 10.2. The van der Waals surface area contributed by atoms with Crippen molar-refractivity contribution in [1.29, 1.82) is 0 Å². The molecule has 1 rings (SSSR count). The third kappa shape index (κ3) is 6.13. The molecule has 1 aliphatic heterocycles. The highest BCUT2D eigenvalue weighted by atomic mass is 32.2. The lowest BCUT2D eigenvalue weighted by Gasteiger charge is -2.22. The molecule has 0 aromatic carbocycles. The minimum atomic E-state index is -2.82. The number of methoxy groups -OCH3 is 1. The van der Waals surface area contributed by atoms with Crippen LogP contribution in [-0.4, -0.2) is 59.3 Å². The molecule has 2 N–H and O–H groups in total. The molecule has 0 amide bonds. The third-order valence-corrected chi connectivity index (χ3v) is 5.55. The molecule has 108 valence electrons. The first-order valence-corrected chi connectivity index (χ1v) is 8.50. The molecule has 1 heterocycles. The lowest BCUT2D eigenvalue weighted by Crippen LogP contribution is -2.38. The van der Waals surface area contributed by atoms with Gasteiger partial charge < -0.3 is 15.4 Å². The summed E-state index contributed by atoms with van der Waals surface area (Å²) in [5, 5.41) is 6.35. The topological polar surface area (TPSA) is 67.4 Å². The van der Waals surface area contributed by atoms with Crippen LogP contribution in [0.25, 0.3) is 0 Å². The predicted molar refractivity (Wildman–Crippen MR) is 73.7 cm³/mol. The van der Waals surface area contributed by atoms with Crippen LogP contribution in [0.4, 0.5) is 0 Å². The van der Waals surface area contributed by atoms with Gasteiger partial charge >= 0.3 is 0 Å². The molecular formula is C12H26N2O3S. The second-order valence-electron chi connectivity index (χ2n) is 4.79. The zero-order valence-electron chi connectivity index (χ0n) is 11.3. The van der Waals surface area contributed by atoms with Crippen molar-refractivity contribution in [3.8, 4) is 0 Å². The van der Waals surface area contributed by atoms with Gasteiger partial charge in [0.2, 0.25) is 0 Å². The first kappa shape index (κ1) is 15.9. The van der Waals surface area contributed by atoms with Crippen LogP contribution < -0.4 is 10.6 Å². The third-order valence-electron chi connectivity index (χ3n) is 3.27. The van der Waals surface area contributed by atoms with Crippen molar-refractivity contribution in [1.82, 2.24) is 10.6 Å². The van der Waals surface area contributed by atoms with Gasteiger partial charge in [-0.25, -0.2) is 8.42 Å². The molecule has 18 heavy (non-hydrogen) atoms. The number of ether oxygens (including phenoxy) is 1. The Morgan fingerprint density at radius 2 is 1.94 bits per heavy atom. The number of rotatable bonds is 9. The summed E-state index contributed by atoms with van der Waals surface area (Å²) in [6.45, 7) is 4.02. The molecule has 1 saturated heterocycles. The van der Waals surface area contributed by atoms with Gasteiger partial charge in [-0.2, -0.15) is 0 Å². The largest absolute Gasteiger partial charge is 0.383 e. The summed E-state index contributed by atoms with van der Waals surface area (Å²) in [6, 6.07) is 0. The van der Waals surface area contributed by atoms with Crippen molar-refractivity contribution < 1.29 is 13.2 Å². The van der Waals surface area contributed by atoms with Crippen LogP contribution in [0.2, 0.25) is 0 Å². The van der Waals surface area contributed by atoms with Gasteiger partial charge in [0, 0.05) is 20.2 Å². The predicted octanol–water partition coefficient (Wildman–Crippen LogP) is 0.169. The Morgan fingerprint density at radius 1 is 1.17 bits per heavy atom. The Labute approximate surface area is 111 Å². The summed E-state index contributed by atoms with van der Waals surface area (Å²) in [5.74, 6) is 0.373. The summed E-state index contributed by atoms with van der Waals surface area (Å²) in [4.78, 5) is 0. The van der Waals surface area contributed by atoms with Gasteiger partial charge in [0.1, 0.15) is 0 Å². The van der Waals surface area contributed by atoms with Crippen LogP contribution in [-0.2, 0) is 14.6 Å². The van der Waals surface area contributed by atoms with Gasteiger partial charge in [-0.3, -0.25) is 0 Å². The number of hydrogen-bond acceptors (Lipinski definition) is 5. The first-order valence-electron chi connectivity index (χ1n) is 6.79. The maximum absolute atomic E-state index is 11.8. The van der Waals surface area contributed by atoms with E-state index in [1.54, 1.807) is 7.11 Å². The molecule has 0 aliphatic carbocycles. The molecule has 0 aromatic heterocycles. The Hall–Kier alpha value is -0.170. The normalized spacial score (nSPS) is 23.1. The summed E-state index contributed by atoms with van der Waals surface area (Å²) in [6.07, 6.45) is 3.71. The van der Waals surface area contributed by atoms with Crippen molar-refractivity contribution in [3.05, 3.63) is 0 Å². The average molecular weight is 278 g/mol. The molecule has 1 atom stereocenters. The van der Waals surface area contributed by atoms with Crippen LogP contribution in [0.3, 0.4) is 0 Å². The van der Waals surface area contributed by atoms with Crippen LogP contribution in [0, 0.1) is 0 Å². The fourth-order valence-corrected chi connectivity index (χ4v) is 3.99. The second-order valence-corrected chi connectivity index (χ2v) is 7.19. The quantitative estimate of drug-likeness (QED) is 0.589. The molecule has 0 spiro atoms. The number of hydrogen-bond donors (Lipinski definition) is 2. The van der Waals surface area contributed by atoms with E-state index in [2.05, 4.69) is 10.6 Å². The lowest BCUT2D eigenvalue weighted by molar-refractivity contribution is 0.199. The maximum Gasteiger partial charge on any atom is 0.154 e. The second kappa shape index (κ2) is 8.85. The van der Waals surface area contributed by atoms with Gasteiger partial charge in [-0.1, -0.05) is 6.42 Å². The molecule has 1 unspecified atom stereocenters.